The largest absolute Gasteiger partial charge is 0.490 e. The van der Waals surface area contributed by atoms with Gasteiger partial charge in [-0.3, -0.25) is 24.6 Å². The first-order valence-electron chi connectivity index (χ1n) is 11.9. The van der Waals surface area contributed by atoms with Crippen LogP contribution in [-0.2, 0) is 11.4 Å². The fraction of sp³-hybridized carbons (Fsp3) is 0.385. The van der Waals surface area contributed by atoms with Crippen LogP contribution in [0.2, 0.25) is 0 Å². The molecule has 0 bridgehead atoms. The van der Waals surface area contributed by atoms with Crippen molar-refractivity contribution in [1.29, 1.82) is 0 Å². The lowest BCUT2D eigenvalue weighted by molar-refractivity contribution is -0.384. The normalized spacial score (nSPS) is 17.6. The molecule has 2 fully saturated rings. The Labute approximate surface area is 222 Å². The van der Waals surface area contributed by atoms with Crippen LogP contribution in [0, 0.1) is 16.0 Å². The predicted molar refractivity (Wildman–Crippen MR) is 142 cm³/mol. The Morgan fingerprint density at radius 2 is 1.81 bits per heavy atom. The summed E-state index contributed by atoms with van der Waals surface area (Å²) < 4.78 is 12.4. The van der Waals surface area contributed by atoms with E-state index in [0.29, 0.717) is 45.5 Å². The minimum atomic E-state index is -0.446. The van der Waals surface area contributed by atoms with Gasteiger partial charge < -0.3 is 9.47 Å². The van der Waals surface area contributed by atoms with Crippen LogP contribution in [0.25, 0.3) is 6.08 Å². The maximum absolute atomic E-state index is 13.0. The van der Waals surface area contributed by atoms with E-state index >= 15 is 0 Å². The highest BCUT2D eigenvalue weighted by molar-refractivity contribution is 9.10. The first kappa shape index (κ1) is 26.2. The molecule has 0 aromatic heterocycles. The number of benzene rings is 2. The molecule has 2 aliphatic rings. The number of hydrogen-bond donors (Lipinski definition) is 0. The highest BCUT2D eigenvalue weighted by Crippen LogP contribution is 2.39. The van der Waals surface area contributed by atoms with E-state index in [1.807, 2.05) is 6.92 Å². The van der Waals surface area contributed by atoms with Gasteiger partial charge >= 0.3 is 0 Å². The number of carbonyl (C=O) groups is 2. The van der Waals surface area contributed by atoms with Gasteiger partial charge in [-0.1, -0.05) is 35.2 Å². The monoisotopic (exact) mass is 574 g/mol. The van der Waals surface area contributed by atoms with E-state index in [-0.39, 0.29) is 23.4 Å². The van der Waals surface area contributed by atoms with Gasteiger partial charge in [-0.15, -0.1) is 0 Å². The van der Waals surface area contributed by atoms with Gasteiger partial charge in [0.2, 0.25) is 0 Å². The number of nitrogens with zero attached hydrogens (tertiary/aromatic N) is 2. The number of non-ortho nitro benzene ring substituents is 1. The molecule has 1 aliphatic carbocycles. The van der Waals surface area contributed by atoms with Crippen molar-refractivity contribution in [2.45, 2.75) is 45.6 Å². The third-order valence-electron chi connectivity index (χ3n) is 6.23. The van der Waals surface area contributed by atoms with E-state index in [9.17, 15) is 19.7 Å². The molecule has 0 atom stereocenters. The predicted octanol–water partition coefficient (Wildman–Crippen LogP) is 6.95. The first-order chi connectivity index (χ1) is 17.4. The van der Waals surface area contributed by atoms with Crippen molar-refractivity contribution in [2.24, 2.45) is 5.92 Å². The molecule has 2 aromatic rings. The van der Waals surface area contributed by atoms with Crippen LogP contribution in [0.3, 0.4) is 0 Å². The highest BCUT2D eigenvalue weighted by Gasteiger charge is 2.36. The van der Waals surface area contributed by atoms with Gasteiger partial charge in [-0.2, -0.15) is 0 Å². The van der Waals surface area contributed by atoms with Crippen LogP contribution < -0.4 is 9.47 Å². The molecule has 8 nitrogen and oxygen atoms in total. The van der Waals surface area contributed by atoms with Crippen LogP contribution >= 0.6 is 27.7 Å². The number of ether oxygens (including phenoxy) is 2. The zero-order valence-corrected chi connectivity index (χ0v) is 22.3. The van der Waals surface area contributed by atoms with Crippen LogP contribution in [0.15, 0.2) is 45.8 Å². The highest BCUT2D eigenvalue weighted by atomic mass is 79.9. The topological polar surface area (TPSA) is 99.0 Å². The quantitative estimate of drug-likeness (QED) is 0.181. The number of halogens is 1. The number of carbonyl (C=O) groups excluding carboxylic acids is 2. The number of nitro groups is 1. The second-order valence-electron chi connectivity index (χ2n) is 8.76. The molecule has 0 N–H and O–H groups in total. The summed E-state index contributed by atoms with van der Waals surface area (Å²) >= 11 is 4.51. The molecule has 0 radical (unpaired) electrons. The molecule has 190 valence electrons. The minimum absolute atomic E-state index is 0.0176. The summed E-state index contributed by atoms with van der Waals surface area (Å²) in [4.78, 5) is 37.8. The summed E-state index contributed by atoms with van der Waals surface area (Å²) in [5.41, 5.74) is 1.49. The number of imide groups is 1. The molecule has 0 spiro atoms. The van der Waals surface area contributed by atoms with Crippen molar-refractivity contribution in [2.75, 3.05) is 13.2 Å². The molecule has 1 aliphatic heterocycles. The van der Waals surface area contributed by atoms with Crippen LogP contribution in [0.5, 0.6) is 11.5 Å². The molecule has 2 amide bonds. The molecule has 1 saturated carbocycles. The second-order valence-corrected chi connectivity index (χ2v) is 10.6. The molecule has 1 saturated heterocycles. The van der Waals surface area contributed by atoms with Gasteiger partial charge in [-0.25, -0.2) is 0 Å². The van der Waals surface area contributed by atoms with Crippen molar-refractivity contribution < 1.29 is 24.0 Å². The molecule has 36 heavy (non-hydrogen) atoms. The Hall–Kier alpha value is -2.85. The number of hydrogen-bond acceptors (Lipinski definition) is 7. The van der Waals surface area contributed by atoms with Crippen molar-refractivity contribution in [3.63, 3.8) is 0 Å². The number of nitro benzene ring substituents is 1. The number of rotatable bonds is 9. The van der Waals surface area contributed by atoms with Gasteiger partial charge in [0.1, 0.15) is 6.61 Å². The van der Waals surface area contributed by atoms with Crippen LogP contribution in [0.1, 0.15) is 50.2 Å². The molecule has 4 rings (SSSR count). The van der Waals surface area contributed by atoms with Gasteiger partial charge in [-0.05, 0) is 78.9 Å². The second kappa shape index (κ2) is 11.9. The van der Waals surface area contributed by atoms with E-state index in [2.05, 4.69) is 15.9 Å². The molecule has 1 heterocycles. The van der Waals surface area contributed by atoms with E-state index in [1.165, 1.54) is 23.5 Å². The zero-order chi connectivity index (χ0) is 25.7. The third kappa shape index (κ3) is 6.28. The van der Waals surface area contributed by atoms with Crippen LogP contribution in [-0.4, -0.2) is 34.1 Å². The Morgan fingerprint density at radius 3 is 2.47 bits per heavy atom. The summed E-state index contributed by atoms with van der Waals surface area (Å²) in [6.07, 6.45) is 7.36. The molecular formula is C26H27BrN2O6S. The van der Waals surface area contributed by atoms with Gasteiger partial charge in [0.05, 0.1) is 16.4 Å². The van der Waals surface area contributed by atoms with Crippen molar-refractivity contribution in [3.8, 4) is 11.5 Å². The van der Waals surface area contributed by atoms with Crippen LogP contribution in [0.4, 0.5) is 10.5 Å². The van der Waals surface area contributed by atoms with E-state index in [1.54, 1.807) is 30.3 Å². The third-order valence-corrected chi connectivity index (χ3v) is 7.82. The lowest BCUT2D eigenvalue weighted by Crippen LogP contribution is -2.34. The Kier molecular flexibility index (Phi) is 8.68. The summed E-state index contributed by atoms with van der Waals surface area (Å²) in [5, 5.41) is 10.6. The molecule has 0 unspecified atom stereocenters. The van der Waals surface area contributed by atoms with Crippen molar-refractivity contribution in [3.05, 3.63) is 67.0 Å². The first-order valence-corrected chi connectivity index (χ1v) is 13.5. The molecule has 10 heteroatoms. The number of thioether (sulfide) groups is 1. The van der Waals surface area contributed by atoms with Gasteiger partial charge in [0.25, 0.3) is 16.8 Å². The van der Waals surface area contributed by atoms with Gasteiger partial charge in [0.15, 0.2) is 11.5 Å². The molecule has 2 aromatic carbocycles. The van der Waals surface area contributed by atoms with E-state index < -0.39 is 4.92 Å². The Bertz CT molecular complexity index is 1180. The fourth-order valence-electron chi connectivity index (χ4n) is 4.34. The van der Waals surface area contributed by atoms with Gasteiger partial charge in [0, 0.05) is 23.2 Å². The van der Waals surface area contributed by atoms with Crippen molar-refractivity contribution in [1.82, 2.24) is 4.90 Å². The lowest BCUT2D eigenvalue weighted by Gasteiger charge is -2.25. The Balaban J connectivity index is 1.50. The van der Waals surface area contributed by atoms with E-state index in [0.717, 1.165) is 43.0 Å². The summed E-state index contributed by atoms with van der Waals surface area (Å²) in [7, 11) is 0. The lowest BCUT2D eigenvalue weighted by atomic mass is 9.89. The SMILES string of the molecule is CCOc1cc(/C=C2/SC(=O)N(CC3CCCCC3)C2=O)c(Br)cc1OCc1ccc([N+](=O)[O-])cc1. The maximum Gasteiger partial charge on any atom is 0.293 e. The minimum Gasteiger partial charge on any atom is -0.490 e. The van der Waals surface area contributed by atoms with E-state index in [4.69, 9.17) is 9.47 Å². The maximum atomic E-state index is 13.0. The average molecular weight is 575 g/mol. The fourth-order valence-corrected chi connectivity index (χ4v) is 5.62. The summed E-state index contributed by atoms with van der Waals surface area (Å²) in [6.45, 7) is 2.96. The van der Waals surface area contributed by atoms with Crippen molar-refractivity contribution >= 4 is 50.6 Å². The number of amides is 2. The zero-order valence-electron chi connectivity index (χ0n) is 19.9. The average Bonchev–Trinajstić information content (AvgIpc) is 3.13. The smallest absolute Gasteiger partial charge is 0.293 e. The summed E-state index contributed by atoms with van der Waals surface area (Å²) in [5.74, 6) is 1.12. The molecular weight excluding hydrogens is 548 g/mol. The standard InChI is InChI=1S/C26H27BrN2O6S/c1-2-34-22-12-19(13-24-25(30)28(26(31)36-24)15-17-6-4-3-5-7-17)21(27)14-23(22)35-16-18-8-10-20(11-9-18)29(32)33/h8-14,17H,2-7,15-16H2,1H3/b24-13+. The Morgan fingerprint density at radius 1 is 1.11 bits per heavy atom. The summed E-state index contributed by atoms with van der Waals surface area (Å²) in [6, 6.07) is 9.68.